The van der Waals surface area contributed by atoms with Crippen molar-refractivity contribution in [1.29, 1.82) is 0 Å². The van der Waals surface area contributed by atoms with Crippen molar-refractivity contribution in [3.05, 3.63) is 57.8 Å². The zero-order chi connectivity index (χ0) is 17.9. The van der Waals surface area contributed by atoms with E-state index in [-0.39, 0.29) is 15.5 Å². The largest absolute Gasteiger partial charge is 0.325 e. The fourth-order valence-electron chi connectivity index (χ4n) is 1.81. The van der Waals surface area contributed by atoms with Crippen LogP contribution in [0.25, 0.3) is 0 Å². The second-order valence-electron chi connectivity index (χ2n) is 4.91. The van der Waals surface area contributed by atoms with Crippen molar-refractivity contribution >= 4 is 44.8 Å². The molecule has 24 heavy (non-hydrogen) atoms. The number of aryl methyl sites for hydroxylation is 1. The van der Waals surface area contributed by atoms with Gasteiger partial charge in [0.1, 0.15) is 5.82 Å². The number of hydrogen-bond acceptors (Lipinski definition) is 3. The number of anilines is 1. The Kier molecular flexibility index (Phi) is 5.82. The minimum absolute atomic E-state index is 0.122. The first-order valence-electron chi connectivity index (χ1n) is 6.70. The van der Waals surface area contributed by atoms with Crippen LogP contribution in [-0.2, 0) is 14.8 Å². The number of rotatable bonds is 5. The lowest BCUT2D eigenvalue weighted by Crippen LogP contribution is -2.33. The summed E-state index contributed by atoms with van der Waals surface area (Å²) in [5.41, 5.74) is 0.573. The first kappa shape index (κ1) is 18.7. The molecule has 0 aromatic heterocycles. The number of sulfonamides is 1. The molecule has 0 saturated carbocycles. The minimum atomic E-state index is -3.93. The lowest BCUT2D eigenvalue weighted by Gasteiger charge is -2.09. The van der Waals surface area contributed by atoms with Gasteiger partial charge in [-0.05, 0) is 48.9 Å². The summed E-state index contributed by atoms with van der Waals surface area (Å²) in [6, 6.07) is 7.85. The molecule has 2 aromatic carbocycles. The van der Waals surface area contributed by atoms with E-state index in [4.69, 9.17) is 23.2 Å². The monoisotopic (exact) mass is 390 g/mol. The minimum Gasteiger partial charge on any atom is -0.325 e. The van der Waals surface area contributed by atoms with Crippen LogP contribution in [0.4, 0.5) is 10.1 Å². The standard InChI is InChI=1S/C15H13Cl2FN2O3S/c1-9-6-11(3-5-14(9)18)24(22,23)19-8-15(21)20-10-2-4-12(16)13(17)7-10/h2-7,19H,8H2,1H3,(H,20,21). The van der Waals surface area contributed by atoms with Crippen molar-refractivity contribution in [1.82, 2.24) is 4.72 Å². The van der Waals surface area contributed by atoms with E-state index in [1.807, 2.05) is 0 Å². The Morgan fingerprint density at radius 2 is 1.83 bits per heavy atom. The number of carbonyl (C=O) groups excluding carboxylic acids is 1. The van der Waals surface area contributed by atoms with Crippen LogP contribution in [0.1, 0.15) is 5.56 Å². The van der Waals surface area contributed by atoms with Crippen LogP contribution >= 0.6 is 23.2 Å². The first-order valence-corrected chi connectivity index (χ1v) is 8.93. The zero-order valence-electron chi connectivity index (χ0n) is 12.4. The molecule has 0 unspecified atom stereocenters. The van der Waals surface area contributed by atoms with Gasteiger partial charge in [0.05, 0.1) is 21.5 Å². The molecule has 0 spiro atoms. The normalized spacial score (nSPS) is 11.3. The van der Waals surface area contributed by atoms with Gasteiger partial charge in [0.15, 0.2) is 0 Å². The Hall–Kier alpha value is -1.67. The van der Waals surface area contributed by atoms with E-state index >= 15 is 0 Å². The highest BCUT2D eigenvalue weighted by atomic mass is 35.5. The van der Waals surface area contributed by atoms with Crippen molar-refractivity contribution in [2.75, 3.05) is 11.9 Å². The quantitative estimate of drug-likeness (QED) is 0.821. The Balaban J connectivity index is 2.01. The summed E-state index contributed by atoms with van der Waals surface area (Å²) in [7, 11) is -3.93. The van der Waals surface area contributed by atoms with Gasteiger partial charge in [-0.1, -0.05) is 23.2 Å². The summed E-state index contributed by atoms with van der Waals surface area (Å²) >= 11 is 11.6. The molecule has 0 saturated heterocycles. The van der Waals surface area contributed by atoms with E-state index in [1.54, 1.807) is 0 Å². The summed E-state index contributed by atoms with van der Waals surface area (Å²) < 4.78 is 39.5. The molecule has 0 aliphatic heterocycles. The molecule has 2 rings (SSSR count). The number of nitrogens with one attached hydrogen (secondary N) is 2. The maximum Gasteiger partial charge on any atom is 0.241 e. The topological polar surface area (TPSA) is 75.3 Å². The van der Waals surface area contributed by atoms with Gasteiger partial charge < -0.3 is 5.32 Å². The molecule has 2 N–H and O–H groups in total. The molecule has 0 aliphatic rings. The second-order valence-corrected chi connectivity index (χ2v) is 7.49. The average Bonchev–Trinajstić information content (AvgIpc) is 2.52. The summed E-state index contributed by atoms with van der Waals surface area (Å²) in [4.78, 5) is 11.7. The number of hydrogen-bond donors (Lipinski definition) is 2. The average molecular weight is 391 g/mol. The second kappa shape index (κ2) is 7.48. The lowest BCUT2D eigenvalue weighted by atomic mass is 10.2. The lowest BCUT2D eigenvalue weighted by molar-refractivity contribution is -0.115. The molecule has 0 bridgehead atoms. The highest BCUT2D eigenvalue weighted by Crippen LogP contribution is 2.24. The molecule has 0 radical (unpaired) electrons. The van der Waals surface area contributed by atoms with Crippen LogP contribution in [0.3, 0.4) is 0 Å². The van der Waals surface area contributed by atoms with Crippen LogP contribution < -0.4 is 10.0 Å². The van der Waals surface area contributed by atoms with Crippen molar-refractivity contribution in [3.8, 4) is 0 Å². The van der Waals surface area contributed by atoms with Gasteiger partial charge in [-0.3, -0.25) is 4.79 Å². The smallest absolute Gasteiger partial charge is 0.241 e. The Morgan fingerprint density at radius 1 is 1.12 bits per heavy atom. The van der Waals surface area contributed by atoms with Crippen molar-refractivity contribution in [2.24, 2.45) is 0 Å². The van der Waals surface area contributed by atoms with Gasteiger partial charge >= 0.3 is 0 Å². The third-order valence-electron chi connectivity index (χ3n) is 3.07. The zero-order valence-corrected chi connectivity index (χ0v) is 14.8. The van der Waals surface area contributed by atoms with Crippen LogP contribution in [0.2, 0.25) is 10.0 Å². The van der Waals surface area contributed by atoms with Gasteiger partial charge in [0.2, 0.25) is 15.9 Å². The van der Waals surface area contributed by atoms with Crippen LogP contribution in [-0.4, -0.2) is 20.9 Å². The van der Waals surface area contributed by atoms with E-state index in [0.717, 1.165) is 12.1 Å². The van der Waals surface area contributed by atoms with Gasteiger partial charge in [-0.2, -0.15) is 0 Å². The third-order valence-corrected chi connectivity index (χ3v) is 5.20. The third kappa shape index (κ3) is 4.67. The predicted octanol–water partition coefficient (Wildman–Crippen LogP) is 3.36. The summed E-state index contributed by atoms with van der Waals surface area (Å²) in [5, 5.41) is 3.08. The van der Waals surface area contributed by atoms with E-state index in [9.17, 15) is 17.6 Å². The van der Waals surface area contributed by atoms with E-state index in [1.165, 1.54) is 31.2 Å². The fraction of sp³-hybridized carbons (Fsp3) is 0.133. The summed E-state index contributed by atoms with van der Waals surface area (Å²) in [6.45, 7) is 0.963. The van der Waals surface area contributed by atoms with Crippen molar-refractivity contribution in [2.45, 2.75) is 11.8 Å². The van der Waals surface area contributed by atoms with Crippen molar-refractivity contribution < 1.29 is 17.6 Å². The van der Waals surface area contributed by atoms with E-state index in [0.29, 0.717) is 10.7 Å². The Morgan fingerprint density at radius 3 is 2.46 bits per heavy atom. The molecule has 0 fully saturated rings. The molecule has 0 aliphatic carbocycles. The summed E-state index contributed by atoms with van der Waals surface area (Å²) in [6.07, 6.45) is 0. The van der Waals surface area contributed by atoms with E-state index < -0.39 is 28.3 Å². The predicted molar refractivity (Wildman–Crippen MR) is 91.4 cm³/mol. The highest BCUT2D eigenvalue weighted by Gasteiger charge is 2.16. The number of carbonyl (C=O) groups is 1. The molecule has 1 amide bonds. The van der Waals surface area contributed by atoms with Crippen LogP contribution in [0.15, 0.2) is 41.3 Å². The van der Waals surface area contributed by atoms with Gasteiger partial charge in [0.25, 0.3) is 0 Å². The molecule has 2 aromatic rings. The van der Waals surface area contributed by atoms with Gasteiger partial charge in [-0.15, -0.1) is 0 Å². The number of benzene rings is 2. The fourth-order valence-corrected chi connectivity index (χ4v) is 3.17. The number of amides is 1. The Labute approximate surface area is 148 Å². The Bertz CT molecular complexity index is 888. The highest BCUT2D eigenvalue weighted by molar-refractivity contribution is 7.89. The SMILES string of the molecule is Cc1cc(S(=O)(=O)NCC(=O)Nc2ccc(Cl)c(Cl)c2)ccc1F. The molecule has 0 heterocycles. The first-order chi connectivity index (χ1) is 11.2. The number of halogens is 3. The molecule has 5 nitrogen and oxygen atoms in total. The molecule has 9 heteroatoms. The van der Waals surface area contributed by atoms with Crippen molar-refractivity contribution in [3.63, 3.8) is 0 Å². The van der Waals surface area contributed by atoms with Crippen LogP contribution in [0, 0.1) is 12.7 Å². The maximum atomic E-state index is 13.2. The maximum absolute atomic E-state index is 13.2. The summed E-state index contributed by atoms with van der Waals surface area (Å²) in [5.74, 6) is -1.10. The van der Waals surface area contributed by atoms with Crippen LogP contribution in [0.5, 0.6) is 0 Å². The van der Waals surface area contributed by atoms with Gasteiger partial charge in [0, 0.05) is 5.69 Å². The van der Waals surface area contributed by atoms with E-state index in [2.05, 4.69) is 10.0 Å². The molecular weight excluding hydrogens is 378 g/mol. The van der Waals surface area contributed by atoms with Gasteiger partial charge in [-0.25, -0.2) is 17.5 Å². The molecule has 0 atom stereocenters. The molecular formula is C15H13Cl2FN2O3S. The molecule has 128 valence electrons.